The zero-order valence-electron chi connectivity index (χ0n) is 30.3. The van der Waals surface area contributed by atoms with Crippen LogP contribution in [0.2, 0.25) is 0 Å². The van der Waals surface area contributed by atoms with Crippen LogP contribution in [0.4, 0.5) is 0 Å². The maximum absolute atomic E-state index is 13.9. The molecule has 0 saturated carbocycles. The first kappa shape index (κ1) is 39.5. The summed E-state index contributed by atoms with van der Waals surface area (Å²) in [5.74, 6) is 0.696. The van der Waals surface area contributed by atoms with Crippen LogP contribution < -0.4 is 11.1 Å². The third kappa shape index (κ3) is 11.5. The quantitative estimate of drug-likeness (QED) is 0.234. The van der Waals surface area contributed by atoms with Crippen molar-refractivity contribution in [3.8, 4) is 0 Å². The minimum atomic E-state index is -0.567. The van der Waals surface area contributed by atoms with E-state index < -0.39 is 6.04 Å². The second kappa shape index (κ2) is 19.9. The summed E-state index contributed by atoms with van der Waals surface area (Å²) < 4.78 is 0. The second-order valence-corrected chi connectivity index (χ2v) is 13.7. The molecule has 8 heteroatoms. The summed E-state index contributed by atoms with van der Waals surface area (Å²) >= 11 is 0. The number of carbonyl (C=O) groups is 3. The number of hydrogen-bond acceptors (Lipinski definition) is 4. The number of likely N-dealkylation sites (tertiary alicyclic amines) is 1. The maximum atomic E-state index is 13.9. The molecule has 0 radical (unpaired) electrons. The lowest BCUT2D eigenvalue weighted by Gasteiger charge is -2.42. The van der Waals surface area contributed by atoms with E-state index >= 15 is 0 Å². The molecular weight excluding hydrogens is 586 g/mol. The Morgan fingerprint density at radius 1 is 0.979 bits per heavy atom. The number of piperidine rings is 1. The molecule has 1 spiro atoms. The van der Waals surface area contributed by atoms with E-state index in [1.54, 1.807) is 14.1 Å². The summed E-state index contributed by atoms with van der Waals surface area (Å²) in [6.45, 7) is 14.9. The first-order valence-corrected chi connectivity index (χ1v) is 17.5. The van der Waals surface area contributed by atoms with E-state index in [9.17, 15) is 14.4 Å². The summed E-state index contributed by atoms with van der Waals surface area (Å²) in [5.41, 5.74) is 10.3. The fourth-order valence-corrected chi connectivity index (χ4v) is 6.16. The van der Waals surface area contributed by atoms with Gasteiger partial charge in [0.2, 0.25) is 18.2 Å². The van der Waals surface area contributed by atoms with Crippen molar-refractivity contribution in [3.05, 3.63) is 71.4 Å². The Hall–Kier alpha value is -3.65. The minimum absolute atomic E-state index is 0.0448. The van der Waals surface area contributed by atoms with E-state index in [1.807, 2.05) is 36.2 Å². The van der Waals surface area contributed by atoms with E-state index in [2.05, 4.69) is 75.3 Å². The molecule has 1 aromatic heterocycles. The number of carbonyl (C=O) groups excluding carboxylic acids is 3. The summed E-state index contributed by atoms with van der Waals surface area (Å²) in [5, 5.41) is 4.21. The van der Waals surface area contributed by atoms with Gasteiger partial charge in [-0.05, 0) is 79.2 Å². The number of nitrogens with zero attached hydrogens (tertiary/aromatic N) is 2. The Bertz CT molecular complexity index is 1370. The Labute approximate surface area is 283 Å². The Morgan fingerprint density at radius 2 is 1.55 bits per heavy atom. The number of aromatic nitrogens is 1. The van der Waals surface area contributed by atoms with Crippen molar-refractivity contribution >= 4 is 29.1 Å². The fraction of sp³-hybridized carbons (Fsp3) is 0.564. The molecule has 1 aliphatic heterocycles. The van der Waals surface area contributed by atoms with Gasteiger partial charge in [-0.2, -0.15) is 0 Å². The number of fused-ring (bicyclic) bond motifs is 3. The molecule has 3 amide bonds. The zero-order chi connectivity index (χ0) is 35.0. The lowest BCUT2D eigenvalue weighted by Crippen LogP contribution is -2.54. The van der Waals surface area contributed by atoms with Crippen molar-refractivity contribution in [1.29, 1.82) is 0 Å². The first-order chi connectivity index (χ1) is 22.4. The van der Waals surface area contributed by atoms with Crippen molar-refractivity contribution < 1.29 is 14.4 Å². The summed E-state index contributed by atoms with van der Waals surface area (Å²) in [4.78, 5) is 42.7. The van der Waals surface area contributed by atoms with Gasteiger partial charge in [-0.1, -0.05) is 84.0 Å². The van der Waals surface area contributed by atoms with Gasteiger partial charge >= 0.3 is 0 Å². The molecule has 0 unspecified atom stereocenters. The smallest absolute Gasteiger partial charge is 0.245 e. The van der Waals surface area contributed by atoms with Crippen LogP contribution in [0, 0.1) is 5.92 Å². The predicted octanol–water partition coefficient (Wildman–Crippen LogP) is 6.78. The molecule has 2 aromatic carbocycles. The number of aryl methyl sites for hydroxylation is 1. The molecule has 1 saturated heterocycles. The molecule has 2 aliphatic rings. The molecule has 2 heterocycles. The number of para-hydroxylation sites is 1. The monoisotopic (exact) mass is 647 g/mol. The normalized spacial score (nSPS) is 15.6. The SMILES string of the molecule is CC(C)C.CCCC(=O)N[C@@H](C(=O)N1CCC2(CCc3ccccc32)CC1)[C@H](C)c1c[nH]c2ccccc12.CCCN.CN(C)C=O. The van der Waals surface area contributed by atoms with E-state index in [4.69, 9.17) is 5.73 Å². The zero-order valence-corrected chi connectivity index (χ0v) is 30.3. The van der Waals surface area contributed by atoms with E-state index in [-0.39, 0.29) is 23.1 Å². The van der Waals surface area contributed by atoms with Gasteiger partial charge < -0.3 is 25.8 Å². The first-order valence-electron chi connectivity index (χ1n) is 17.5. The molecule has 0 bridgehead atoms. The van der Waals surface area contributed by atoms with Crippen LogP contribution in [0.25, 0.3) is 10.9 Å². The Kier molecular flexibility index (Phi) is 16.7. The van der Waals surface area contributed by atoms with E-state index in [0.717, 1.165) is 80.5 Å². The molecule has 3 aromatic rings. The van der Waals surface area contributed by atoms with Gasteiger partial charge in [-0.3, -0.25) is 14.4 Å². The highest BCUT2D eigenvalue weighted by Crippen LogP contribution is 2.46. The third-order valence-corrected chi connectivity index (χ3v) is 8.66. The number of rotatable bonds is 8. The van der Waals surface area contributed by atoms with Gasteiger partial charge in [0.15, 0.2) is 0 Å². The van der Waals surface area contributed by atoms with Crippen molar-refractivity contribution in [2.45, 2.75) is 104 Å². The van der Waals surface area contributed by atoms with E-state index in [0.29, 0.717) is 6.42 Å². The number of nitrogens with one attached hydrogen (secondary N) is 2. The van der Waals surface area contributed by atoms with Gasteiger partial charge in [0.1, 0.15) is 6.04 Å². The summed E-state index contributed by atoms with van der Waals surface area (Å²) in [6, 6.07) is 16.4. The number of nitrogens with two attached hydrogens (primary N) is 1. The minimum Gasteiger partial charge on any atom is -0.361 e. The van der Waals surface area contributed by atoms with Crippen molar-refractivity contribution in [1.82, 2.24) is 20.1 Å². The number of aromatic amines is 1. The topological polar surface area (TPSA) is 112 Å². The highest BCUT2D eigenvalue weighted by Gasteiger charge is 2.43. The largest absolute Gasteiger partial charge is 0.361 e. The van der Waals surface area contributed by atoms with Crippen LogP contribution in [0.3, 0.4) is 0 Å². The van der Waals surface area contributed by atoms with Crippen LogP contribution in [-0.2, 0) is 26.2 Å². The van der Waals surface area contributed by atoms with Gasteiger partial charge in [0.25, 0.3) is 0 Å². The molecular formula is C39H61N5O3. The Balaban J connectivity index is 0.000000505. The Morgan fingerprint density at radius 3 is 2.13 bits per heavy atom. The number of amides is 3. The van der Waals surface area contributed by atoms with Crippen LogP contribution >= 0.6 is 0 Å². The summed E-state index contributed by atoms with van der Waals surface area (Å²) in [7, 11) is 3.38. The molecule has 4 N–H and O–H groups in total. The highest BCUT2D eigenvalue weighted by atomic mass is 16.2. The second-order valence-electron chi connectivity index (χ2n) is 13.7. The number of H-pyrrole nitrogens is 1. The van der Waals surface area contributed by atoms with Crippen molar-refractivity contribution in [3.63, 3.8) is 0 Å². The van der Waals surface area contributed by atoms with Crippen molar-refractivity contribution in [2.24, 2.45) is 11.7 Å². The lowest BCUT2D eigenvalue weighted by atomic mass is 9.73. The van der Waals surface area contributed by atoms with Gasteiger partial charge in [0.05, 0.1) is 0 Å². The molecule has 5 rings (SSSR count). The number of hydrogen-bond donors (Lipinski definition) is 3. The van der Waals surface area contributed by atoms with Crippen LogP contribution in [0.5, 0.6) is 0 Å². The lowest BCUT2D eigenvalue weighted by molar-refractivity contribution is -0.138. The van der Waals surface area contributed by atoms with Crippen LogP contribution in [0.15, 0.2) is 54.7 Å². The molecule has 1 aliphatic carbocycles. The van der Waals surface area contributed by atoms with Crippen LogP contribution in [-0.4, -0.2) is 72.8 Å². The van der Waals surface area contributed by atoms with Crippen LogP contribution in [0.1, 0.15) is 103 Å². The predicted molar refractivity (Wildman–Crippen MR) is 195 cm³/mol. The standard InChI is InChI=1S/C29H35N3O2.C4H10.C3H7NO.C3H9N/c1-3-8-26(33)31-27(20(2)23-19-30-25-12-7-5-10-22(23)25)28(34)32-17-15-29(16-18-32)14-13-21-9-4-6-11-24(21)29;1-4(2)3;1-4(2)3-5;1-2-3-4/h4-7,9-12,19-20,27,30H,3,8,13-18H2,1-2H3,(H,31,33);4H,1-3H3;3H,1-2H3;2-4H2,1H3/t20-,27-;;;/m1.../s1. The average molecular weight is 648 g/mol. The van der Waals surface area contributed by atoms with Gasteiger partial charge in [-0.15, -0.1) is 0 Å². The molecule has 1 fully saturated rings. The average Bonchev–Trinajstić information content (AvgIpc) is 3.66. The molecule has 260 valence electrons. The molecule has 47 heavy (non-hydrogen) atoms. The van der Waals surface area contributed by atoms with Crippen molar-refractivity contribution in [2.75, 3.05) is 33.7 Å². The number of benzene rings is 2. The molecule has 8 nitrogen and oxygen atoms in total. The highest BCUT2D eigenvalue weighted by molar-refractivity contribution is 5.90. The van der Waals surface area contributed by atoms with E-state index in [1.165, 1.54) is 22.4 Å². The van der Waals surface area contributed by atoms with Gasteiger partial charge in [-0.25, -0.2) is 0 Å². The van der Waals surface area contributed by atoms with Gasteiger partial charge in [0, 0.05) is 56.6 Å². The fourth-order valence-electron chi connectivity index (χ4n) is 6.16. The maximum Gasteiger partial charge on any atom is 0.245 e. The molecule has 2 atom stereocenters. The summed E-state index contributed by atoms with van der Waals surface area (Å²) in [6.07, 6.45) is 9.33. The third-order valence-electron chi connectivity index (χ3n) is 8.66.